The van der Waals surface area contributed by atoms with Crippen LogP contribution in [0.3, 0.4) is 0 Å². The van der Waals surface area contributed by atoms with Crippen molar-refractivity contribution in [2.75, 3.05) is 13.7 Å². The monoisotopic (exact) mass is 217 g/mol. The second-order valence-electron chi connectivity index (χ2n) is 3.28. The molecule has 84 valence electrons. The van der Waals surface area contributed by atoms with Crippen LogP contribution >= 0.6 is 0 Å². The molecule has 1 atom stereocenters. The summed E-state index contributed by atoms with van der Waals surface area (Å²) in [5.41, 5.74) is 0.881. The Morgan fingerprint density at radius 1 is 1.50 bits per heavy atom. The van der Waals surface area contributed by atoms with Crippen molar-refractivity contribution in [3.63, 3.8) is 0 Å². The summed E-state index contributed by atoms with van der Waals surface area (Å²) in [5.74, 6) is 2.21. The molecular weight excluding hydrogens is 202 g/mol. The normalized spacial score (nSPS) is 11.5. The van der Waals surface area contributed by atoms with Gasteiger partial charge < -0.3 is 4.74 Å². The lowest BCUT2D eigenvalue weighted by Gasteiger charge is -2.15. The zero-order chi connectivity index (χ0) is 11.8. The predicted octanol–water partition coefficient (Wildman–Crippen LogP) is 1.51. The summed E-state index contributed by atoms with van der Waals surface area (Å²) in [6.45, 7) is 0.588. The van der Waals surface area contributed by atoms with Crippen molar-refractivity contribution in [3.8, 4) is 12.3 Å². The van der Waals surface area contributed by atoms with Gasteiger partial charge in [-0.3, -0.25) is 5.32 Å². The van der Waals surface area contributed by atoms with Crippen molar-refractivity contribution in [2.45, 2.75) is 12.5 Å². The number of esters is 1. The highest BCUT2D eigenvalue weighted by molar-refractivity contribution is 5.77. The van der Waals surface area contributed by atoms with Gasteiger partial charge in [0, 0.05) is 13.0 Å². The van der Waals surface area contributed by atoms with E-state index in [0.29, 0.717) is 13.0 Å². The Hall–Kier alpha value is -1.79. The van der Waals surface area contributed by atoms with E-state index in [0.717, 1.165) is 5.56 Å². The first-order valence-corrected chi connectivity index (χ1v) is 5.09. The van der Waals surface area contributed by atoms with Crippen molar-refractivity contribution >= 4 is 5.97 Å². The van der Waals surface area contributed by atoms with E-state index in [1.807, 2.05) is 30.3 Å². The minimum absolute atomic E-state index is 0.303. The van der Waals surface area contributed by atoms with Crippen molar-refractivity contribution < 1.29 is 9.53 Å². The van der Waals surface area contributed by atoms with Crippen LogP contribution in [0.15, 0.2) is 30.3 Å². The number of nitrogens with one attached hydrogen (secondary N) is 1. The minimum atomic E-state index is -0.445. The van der Waals surface area contributed by atoms with Crippen LogP contribution in [-0.2, 0) is 9.53 Å². The number of ether oxygens (including phenoxy) is 1. The van der Waals surface area contributed by atoms with Gasteiger partial charge in [0.1, 0.15) is 6.04 Å². The van der Waals surface area contributed by atoms with E-state index >= 15 is 0 Å². The number of benzene rings is 1. The number of methoxy groups -OCH3 is 1. The molecule has 0 aliphatic rings. The maximum absolute atomic E-state index is 11.6. The van der Waals surface area contributed by atoms with Gasteiger partial charge in [0.05, 0.1) is 7.11 Å². The molecule has 0 saturated carbocycles. The van der Waals surface area contributed by atoms with Crippen LogP contribution in [0.25, 0.3) is 0 Å². The van der Waals surface area contributed by atoms with Crippen LogP contribution in [0.1, 0.15) is 18.0 Å². The fraction of sp³-hybridized carbons (Fsp3) is 0.308. The van der Waals surface area contributed by atoms with Crippen molar-refractivity contribution in [2.24, 2.45) is 0 Å². The van der Waals surface area contributed by atoms with Gasteiger partial charge in [0.2, 0.25) is 0 Å². The molecule has 1 aromatic rings. The third-order valence-corrected chi connectivity index (χ3v) is 2.19. The molecule has 0 bridgehead atoms. The van der Waals surface area contributed by atoms with Gasteiger partial charge in [-0.1, -0.05) is 30.3 Å². The first kappa shape index (κ1) is 12.3. The van der Waals surface area contributed by atoms with Gasteiger partial charge >= 0.3 is 5.97 Å². The number of hydrogen-bond acceptors (Lipinski definition) is 3. The largest absolute Gasteiger partial charge is 0.468 e. The first-order valence-electron chi connectivity index (χ1n) is 5.09. The summed E-state index contributed by atoms with van der Waals surface area (Å²) in [7, 11) is 1.38. The van der Waals surface area contributed by atoms with Crippen LogP contribution in [0.4, 0.5) is 0 Å². The van der Waals surface area contributed by atoms with Crippen LogP contribution in [0.5, 0.6) is 0 Å². The third-order valence-electron chi connectivity index (χ3n) is 2.19. The lowest BCUT2D eigenvalue weighted by molar-refractivity contribution is -0.143. The second-order valence-corrected chi connectivity index (χ2v) is 3.28. The van der Waals surface area contributed by atoms with Crippen molar-refractivity contribution in [1.29, 1.82) is 0 Å². The minimum Gasteiger partial charge on any atom is -0.468 e. The summed E-state index contributed by atoms with van der Waals surface area (Å²) < 4.78 is 4.74. The molecule has 0 spiro atoms. The van der Waals surface area contributed by atoms with E-state index in [9.17, 15) is 4.79 Å². The van der Waals surface area contributed by atoms with Crippen molar-refractivity contribution in [3.05, 3.63) is 35.9 Å². The highest BCUT2D eigenvalue weighted by atomic mass is 16.5. The van der Waals surface area contributed by atoms with Crippen molar-refractivity contribution in [1.82, 2.24) is 5.32 Å². The topological polar surface area (TPSA) is 38.3 Å². The predicted molar refractivity (Wildman–Crippen MR) is 62.7 cm³/mol. The number of hydrogen-bond donors (Lipinski definition) is 1. The van der Waals surface area contributed by atoms with Gasteiger partial charge in [0.25, 0.3) is 0 Å². The quantitative estimate of drug-likeness (QED) is 0.461. The maximum Gasteiger partial charge on any atom is 0.327 e. The van der Waals surface area contributed by atoms with E-state index < -0.39 is 6.04 Å². The summed E-state index contributed by atoms with van der Waals surface area (Å²) >= 11 is 0. The van der Waals surface area contributed by atoms with Gasteiger partial charge in [-0.15, -0.1) is 12.3 Å². The van der Waals surface area contributed by atoms with Gasteiger partial charge in [-0.2, -0.15) is 0 Å². The lowest BCUT2D eigenvalue weighted by Crippen LogP contribution is -2.30. The van der Waals surface area contributed by atoms with E-state index in [1.54, 1.807) is 0 Å². The standard InChI is InChI=1S/C13H15NO2/c1-3-4-10-14-12(13(15)16-2)11-8-6-5-7-9-11/h1,5-9,12,14H,4,10H2,2H3. The molecule has 0 aliphatic heterocycles. The first-order chi connectivity index (χ1) is 7.79. The zero-order valence-corrected chi connectivity index (χ0v) is 9.27. The Morgan fingerprint density at radius 2 is 2.19 bits per heavy atom. The summed E-state index contributed by atoms with van der Waals surface area (Å²) in [4.78, 5) is 11.6. The maximum atomic E-state index is 11.6. The molecule has 0 radical (unpaired) electrons. The molecule has 0 fully saturated rings. The molecule has 0 heterocycles. The number of rotatable bonds is 5. The average Bonchev–Trinajstić information content (AvgIpc) is 2.35. The fourth-order valence-corrected chi connectivity index (χ4v) is 1.39. The Kier molecular flexibility index (Phi) is 5.10. The summed E-state index contributed by atoms with van der Waals surface area (Å²) in [5, 5.41) is 3.07. The Bertz CT molecular complexity index is 367. The molecule has 3 heteroatoms. The van der Waals surface area contributed by atoms with Gasteiger partial charge in [-0.05, 0) is 5.56 Å². The molecule has 0 saturated heterocycles. The Labute approximate surface area is 95.8 Å². The summed E-state index contributed by atoms with van der Waals surface area (Å²) in [6, 6.07) is 8.98. The molecule has 1 aromatic carbocycles. The molecule has 0 aromatic heterocycles. The summed E-state index contributed by atoms with van der Waals surface area (Å²) in [6.07, 6.45) is 5.74. The Morgan fingerprint density at radius 3 is 2.75 bits per heavy atom. The van der Waals surface area contributed by atoms with Gasteiger partial charge in [0.15, 0.2) is 0 Å². The van der Waals surface area contributed by atoms with Crippen LogP contribution in [-0.4, -0.2) is 19.6 Å². The Balaban J connectivity index is 2.72. The molecule has 1 N–H and O–H groups in total. The van der Waals surface area contributed by atoms with Gasteiger partial charge in [-0.25, -0.2) is 4.79 Å². The third kappa shape index (κ3) is 3.41. The highest BCUT2D eigenvalue weighted by Crippen LogP contribution is 2.13. The van der Waals surface area contributed by atoms with E-state index in [-0.39, 0.29) is 5.97 Å². The number of carbonyl (C=O) groups excluding carboxylic acids is 1. The number of carbonyl (C=O) groups is 1. The molecule has 0 aliphatic carbocycles. The molecule has 1 rings (SSSR count). The molecular formula is C13H15NO2. The van der Waals surface area contributed by atoms with E-state index in [2.05, 4.69) is 11.2 Å². The smallest absolute Gasteiger partial charge is 0.327 e. The van der Waals surface area contributed by atoms with Crippen LogP contribution in [0, 0.1) is 12.3 Å². The molecule has 3 nitrogen and oxygen atoms in total. The lowest BCUT2D eigenvalue weighted by atomic mass is 10.1. The molecule has 0 amide bonds. The van der Waals surface area contributed by atoms with Crippen LogP contribution < -0.4 is 5.32 Å². The zero-order valence-electron chi connectivity index (χ0n) is 9.27. The van der Waals surface area contributed by atoms with E-state index in [1.165, 1.54) is 7.11 Å². The highest BCUT2D eigenvalue weighted by Gasteiger charge is 2.19. The fourth-order valence-electron chi connectivity index (χ4n) is 1.39. The SMILES string of the molecule is C#CCCNC(C(=O)OC)c1ccccc1. The molecule has 16 heavy (non-hydrogen) atoms. The van der Waals surface area contributed by atoms with Crippen LogP contribution in [0.2, 0.25) is 0 Å². The average molecular weight is 217 g/mol. The molecule has 1 unspecified atom stereocenters. The van der Waals surface area contributed by atoms with E-state index in [4.69, 9.17) is 11.2 Å². The number of terminal acetylenes is 1. The second kappa shape index (κ2) is 6.65.